The molecule has 6 nitrogen and oxygen atoms in total. The molecule has 0 saturated carbocycles. The molecule has 0 aliphatic carbocycles. The number of hydrogen-bond acceptors (Lipinski definition) is 4. The van der Waals surface area contributed by atoms with Gasteiger partial charge in [0.1, 0.15) is 5.25 Å². The van der Waals surface area contributed by atoms with Gasteiger partial charge in [0.15, 0.2) is 0 Å². The van der Waals surface area contributed by atoms with Crippen molar-refractivity contribution in [3.63, 3.8) is 0 Å². The Morgan fingerprint density at radius 3 is 1.80 bits per heavy atom. The second-order valence-electron chi connectivity index (χ2n) is 8.19. The molecule has 0 heterocycles. The van der Waals surface area contributed by atoms with Crippen LogP contribution in [0.1, 0.15) is 31.5 Å². The average molecular weight is 699 g/mol. The van der Waals surface area contributed by atoms with Gasteiger partial charge in [-0.3, -0.25) is 9.59 Å². The number of halogens is 5. The summed E-state index contributed by atoms with van der Waals surface area (Å²) in [5.74, 6) is -2.53. The van der Waals surface area contributed by atoms with Gasteiger partial charge in [-0.1, -0.05) is 92.7 Å². The van der Waals surface area contributed by atoms with E-state index in [1.54, 1.807) is 36.4 Å². The van der Waals surface area contributed by atoms with E-state index in [0.29, 0.717) is 11.4 Å². The largest absolute Gasteiger partial charge is 0.478 e. The minimum atomic E-state index is -1.49. The Kier molecular flexibility index (Phi) is 10.1. The van der Waals surface area contributed by atoms with Crippen LogP contribution in [0.25, 0.3) is 0 Å². The van der Waals surface area contributed by atoms with Gasteiger partial charge < -0.3 is 15.7 Å². The van der Waals surface area contributed by atoms with Gasteiger partial charge in [-0.15, -0.1) is 11.8 Å². The van der Waals surface area contributed by atoms with Gasteiger partial charge in [0.2, 0.25) is 5.91 Å². The van der Waals surface area contributed by atoms with Crippen molar-refractivity contribution in [3.05, 3.63) is 120 Å². The molecule has 0 saturated heterocycles. The van der Waals surface area contributed by atoms with Crippen LogP contribution in [-0.2, 0) is 4.79 Å². The van der Waals surface area contributed by atoms with Crippen molar-refractivity contribution in [2.75, 3.05) is 10.6 Å². The Bertz CT molecular complexity index is 1590. The summed E-state index contributed by atoms with van der Waals surface area (Å²) in [6.07, 6.45) is 0. The third-order valence-corrected chi connectivity index (χ3v) is 9.12. The maximum atomic E-state index is 13.3. The summed E-state index contributed by atoms with van der Waals surface area (Å²) in [6, 6.07) is 23.3. The summed E-state index contributed by atoms with van der Waals surface area (Å²) in [6.45, 7) is 0. The number of carbonyl (C=O) groups excluding carboxylic acids is 2. The number of nitrogens with one attached hydrogen (secondary N) is 2. The fourth-order valence-corrected chi connectivity index (χ4v) is 5.94. The van der Waals surface area contributed by atoms with Crippen LogP contribution in [-0.4, -0.2) is 22.9 Å². The van der Waals surface area contributed by atoms with Gasteiger partial charge in [-0.2, -0.15) is 0 Å². The molecule has 204 valence electrons. The number of carbonyl (C=O) groups is 3. The molecule has 0 bridgehead atoms. The molecule has 0 aromatic heterocycles. The van der Waals surface area contributed by atoms with E-state index in [0.717, 1.165) is 14.9 Å². The maximum absolute atomic E-state index is 13.3. The Labute approximate surface area is 262 Å². The first-order chi connectivity index (χ1) is 19.1. The monoisotopic (exact) mass is 696 g/mol. The van der Waals surface area contributed by atoms with E-state index in [1.807, 2.05) is 42.5 Å². The van der Waals surface area contributed by atoms with Crippen LogP contribution in [0.15, 0.2) is 88.2 Å². The molecule has 12 heteroatoms. The maximum Gasteiger partial charge on any atom is 0.338 e. The third kappa shape index (κ3) is 6.94. The standard InChI is InChI=1S/C28H17BrCl4N2O4S/c29-15-6-8-16(9-7-15)35-27(37)25(14-4-2-1-3-5-14)40-18-12-10-17(11-13-18)34-26(36)19-20(28(38)39)22(31)24(33)23(32)21(19)30/h1-13,25H,(H,34,36)(H,35,37)(H,38,39). The van der Waals surface area contributed by atoms with Gasteiger partial charge >= 0.3 is 5.97 Å². The second-order valence-corrected chi connectivity index (χ2v) is 11.8. The van der Waals surface area contributed by atoms with Crippen LogP contribution >= 0.6 is 74.1 Å². The highest BCUT2D eigenvalue weighted by atomic mass is 79.9. The van der Waals surface area contributed by atoms with Crippen molar-refractivity contribution in [1.29, 1.82) is 0 Å². The fourth-order valence-electron chi connectivity index (χ4n) is 3.63. The fraction of sp³-hybridized carbons (Fsp3) is 0.0357. The molecule has 0 aliphatic rings. The lowest BCUT2D eigenvalue weighted by Gasteiger charge is -2.18. The van der Waals surface area contributed by atoms with E-state index in [-0.39, 0.29) is 21.0 Å². The molecule has 1 atom stereocenters. The SMILES string of the molecule is O=C(O)c1c(Cl)c(Cl)c(Cl)c(Cl)c1C(=O)Nc1ccc(SC(C(=O)Nc2ccc(Br)cc2)c2ccccc2)cc1. The van der Waals surface area contributed by atoms with Gasteiger partial charge in [0.05, 0.1) is 31.2 Å². The summed E-state index contributed by atoms with van der Waals surface area (Å²) < 4.78 is 0.898. The molecule has 0 aliphatic heterocycles. The molecule has 2 amide bonds. The van der Waals surface area contributed by atoms with Gasteiger partial charge in [-0.25, -0.2) is 4.79 Å². The molecule has 40 heavy (non-hydrogen) atoms. The molecular formula is C28H17BrCl4N2O4S. The zero-order valence-corrected chi connectivity index (χ0v) is 25.5. The second kappa shape index (κ2) is 13.3. The van der Waals surface area contributed by atoms with Crippen LogP contribution in [0.5, 0.6) is 0 Å². The molecule has 4 aromatic rings. The number of benzene rings is 4. The van der Waals surface area contributed by atoms with Gasteiger partial charge in [-0.05, 0) is 54.1 Å². The molecule has 4 aromatic carbocycles. The van der Waals surface area contributed by atoms with Gasteiger partial charge in [0, 0.05) is 20.7 Å². The number of hydrogen-bond donors (Lipinski definition) is 3. The number of carboxylic acids is 1. The van der Waals surface area contributed by atoms with Crippen LogP contribution in [0.4, 0.5) is 11.4 Å². The van der Waals surface area contributed by atoms with E-state index in [9.17, 15) is 19.5 Å². The number of rotatable bonds is 8. The Hall–Kier alpha value is -2.72. The molecule has 0 fully saturated rings. The van der Waals surface area contributed by atoms with Crippen molar-refractivity contribution in [2.45, 2.75) is 10.1 Å². The zero-order valence-electron chi connectivity index (χ0n) is 20.1. The number of amides is 2. The van der Waals surface area contributed by atoms with Crippen molar-refractivity contribution in [3.8, 4) is 0 Å². The van der Waals surface area contributed by atoms with Crippen molar-refractivity contribution < 1.29 is 19.5 Å². The smallest absolute Gasteiger partial charge is 0.338 e. The van der Waals surface area contributed by atoms with Gasteiger partial charge in [0.25, 0.3) is 5.91 Å². The van der Waals surface area contributed by atoms with E-state index in [4.69, 9.17) is 46.4 Å². The quantitative estimate of drug-likeness (QED) is 0.0968. The summed E-state index contributed by atoms with van der Waals surface area (Å²) in [5, 5.41) is 13.4. The predicted molar refractivity (Wildman–Crippen MR) is 166 cm³/mol. The summed E-state index contributed by atoms with van der Waals surface area (Å²) in [4.78, 5) is 38.9. The van der Waals surface area contributed by atoms with E-state index in [2.05, 4.69) is 26.6 Å². The van der Waals surface area contributed by atoms with Crippen molar-refractivity contribution >= 4 is 103 Å². The molecule has 4 rings (SSSR count). The van der Waals surface area contributed by atoms with E-state index < -0.39 is 33.3 Å². The van der Waals surface area contributed by atoms with E-state index in [1.165, 1.54) is 11.8 Å². The van der Waals surface area contributed by atoms with E-state index >= 15 is 0 Å². The predicted octanol–water partition coefficient (Wildman–Crippen LogP) is 9.49. The lowest BCUT2D eigenvalue weighted by molar-refractivity contribution is -0.115. The number of thioether (sulfide) groups is 1. The lowest BCUT2D eigenvalue weighted by atomic mass is 10.1. The average Bonchev–Trinajstić information content (AvgIpc) is 2.94. The first-order valence-electron chi connectivity index (χ1n) is 11.4. The summed E-state index contributed by atoms with van der Waals surface area (Å²) in [5.41, 5.74) is 0.843. The highest BCUT2D eigenvalue weighted by Crippen LogP contribution is 2.42. The zero-order chi connectivity index (χ0) is 29.0. The Balaban J connectivity index is 1.55. The van der Waals surface area contributed by atoms with Crippen molar-refractivity contribution in [1.82, 2.24) is 0 Å². The first-order valence-corrected chi connectivity index (χ1v) is 14.5. The molecule has 0 spiro atoms. The number of aromatic carboxylic acids is 1. The number of anilines is 2. The normalized spacial score (nSPS) is 11.5. The summed E-state index contributed by atoms with van der Waals surface area (Å²) >= 11 is 29.0. The minimum Gasteiger partial charge on any atom is -0.478 e. The lowest BCUT2D eigenvalue weighted by Crippen LogP contribution is -2.19. The van der Waals surface area contributed by atoms with Crippen LogP contribution < -0.4 is 10.6 Å². The summed E-state index contributed by atoms with van der Waals surface area (Å²) in [7, 11) is 0. The third-order valence-electron chi connectivity index (χ3n) is 5.53. The van der Waals surface area contributed by atoms with Crippen molar-refractivity contribution in [2.24, 2.45) is 0 Å². The van der Waals surface area contributed by atoms with Crippen LogP contribution in [0.2, 0.25) is 20.1 Å². The molecule has 0 radical (unpaired) electrons. The molecular weight excluding hydrogens is 682 g/mol. The topological polar surface area (TPSA) is 95.5 Å². The highest BCUT2D eigenvalue weighted by Gasteiger charge is 2.29. The Morgan fingerprint density at radius 1 is 0.700 bits per heavy atom. The Morgan fingerprint density at radius 2 is 1.23 bits per heavy atom. The highest BCUT2D eigenvalue weighted by molar-refractivity contribution is 9.10. The molecule has 1 unspecified atom stereocenters. The first kappa shape index (κ1) is 30.2. The van der Waals surface area contributed by atoms with Crippen LogP contribution in [0, 0.1) is 0 Å². The molecule has 3 N–H and O–H groups in total. The number of carboxylic acid groups (broad SMARTS) is 1. The van der Waals surface area contributed by atoms with Crippen LogP contribution in [0.3, 0.4) is 0 Å². The minimum absolute atomic E-state index is 0.205.